The molecule has 1 aromatic rings. The lowest BCUT2D eigenvalue weighted by atomic mass is 10.1. The Kier molecular flexibility index (Phi) is 4.06. The minimum Gasteiger partial charge on any atom is -0.381 e. The topological polar surface area (TPSA) is 55.2 Å². The number of thioether (sulfide) groups is 1. The molecule has 1 fully saturated rings. The van der Waals surface area contributed by atoms with E-state index in [0.717, 1.165) is 18.6 Å². The van der Waals surface area contributed by atoms with Gasteiger partial charge in [-0.2, -0.15) is 16.2 Å². The Morgan fingerprint density at radius 3 is 2.94 bits per heavy atom. The highest BCUT2D eigenvalue weighted by Gasteiger charge is 2.22. The Bertz CT molecular complexity index is 456. The first kappa shape index (κ1) is 13.1. The fraction of sp³-hybridized carbons (Fsp3) is 0.500. The molecule has 1 aromatic carbocycles. The van der Waals surface area contributed by atoms with E-state index in [0.29, 0.717) is 17.0 Å². The molecule has 2 rings (SSSR count). The predicted octanol–water partition coefficient (Wildman–Crippen LogP) is 3.43. The van der Waals surface area contributed by atoms with Gasteiger partial charge in [0.25, 0.3) is 0 Å². The summed E-state index contributed by atoms with van der Waals surface area (Å²) >= 11 is 1.89. The lowest BCUT2D eigenvalue weighted by molar-refractivity contribution is -0.387. The van der Waals surface area contributed by atoms with Crippen molar-refractivity contribution in [2.45, 2.75) is 31.1 Å². The summed E-state index contributed by atoms with van der Waals surface area (Å²) in [4.78, 5) is 9.81. The van der Waals surface area contributed by atoms with Crippen molar-refractivity contribution in [2.24, 2.45) is 0 Å². The first-order valence-corrected chi connectivity index (χ1v) is 6.95. The summed E-state index contributed by atoms with van der Waals surface area (Å²) in [6, 6.07) is 4.26. The molecule has 4 nitrogen and oxygen atoms in total. The van der Waals surface area contributed by atoms with Crippen LogP contribution in [0.5, 0.6) is 0 Å². The molecule has 1 aliphatic rings. The lowest BCUT2D eigenvalue weighted by Crippen LogP contribution is -2.32. The first-order chi connectivity index (χ1) is 8.58. The number of halogens is 1. The van der Waals surface area contributed by atoms with Crippen molar-refractivity contribution >= 4 is 23.1 Å². The van der Waals surface area contributed by atoms with E-state index in [2.05, 4.69) is 12.2 Å². The van der Waals surface area contributed by atoms with Crippen molar-refractivity contribution in [1.29, 1.82) is 0 Å². The molecule has 1 aliphatic heterocycles. The third-order valence-corrected chi connectivity index (χ3v) is 4.48. The minimum absolute atomic E-state index is 0.296. The molecule has 2 unspecified atom stereocenters. The summed E-state index contributed by atoms with van der Waals surface area (Å²) < 4.78 is 13.5. The van der Waals surface area contributed by atoms with Crippen LogP contribution in [0.2, 0.25) is 0 Å². The first-order valence-electron chi connectivity index (χ1n) is 5.90. The van der Waals surface area contributed by atoms with Gasteiger partial charge >= 0.3 is 5.69 Å². The number of nitro benzene ring substituents is 1. The van der Waals surface area contributed by atoms with E-state index in [-0.39, 0.29) is 0 Å². The van der Waals surface area contributed by atoms with Crippen molar-refractivity contribution < 1.29 is 9.31 Å². The Labute approximate surface area is 109 Å². The number of anilines is 1. The minimum atomic E-state index is -0.791. The number of nitrogens with one attached hydrogen (secondary N) is 1. The number of hydrogen-bond acceptors (Lipinski definition) is 4. The van der Waals surface area contributed by atoms with Crippen molar-refractivity contribution in [1.82, 2.24) is 0 Å². The van der Waals surface area contributed by atoms with Gasteiger partial charge in [0.15, 0.2) is 0 Å². The summed E-state index contributed by atoms with van der Waals surface area (Å²) in [6.07, 6.45) is 2.19. The van der Waals surface area contributed by atoms with Gasteiger partial charge in [-0.05, 0) is 24.7 Å². The molecular formula is C12H15FN2O2S. The molecule has 1 N–H and O–H groups in total. The summed E-state index contributed by atoms with van der Waals surface area (Å²) in [5.74, 6) is 0.370. The van der Waals surface area contributed by atoms with Gasteiger partial charge in [-0.1, -0.05) is 6.92 Å². The van der Waals surface area contributed by atoms with Crippen LogP contribution in [-0.4, -0.2) is 22.0 Å². The molecule has 0 saturated carbocycles. The Hall–Kier alpha value is -1.30. The summed E-state index contributed by atoms with van der Waals surface area (Å²) in [7, 11) is 0. The number of nitro groups is 1. The quantitative estimate of drug-likeness (QED) is 0.675. The third-order valence-electron chi connectivity index (χ3n) is 3.10. The van der Waals surface area contributed by atoms with Gasteiger partial charge in [-0.25, -0.2) is 0 Å². The van der Waals surface area contributed by atoms with Crippen molar-refractivity contribution in [3.63, 3.8) is 0 Å². The van der Waals surface area contributed by atoms with Crippen LogP contribution < -0.4 is 5.32 Å². The number of rotatable bonds is 3. The highest BCUT2D eigenvalue weighted by Crippen LogP contribution is 2.29. The van der Waals surface area contributed by atoms with Gasteiger partial charge < -0.3 is 5.32 Å². The van der Waals surface area contributed by atoms with Gasteiger partial charge in [0.1, 0.15) is 0 Å². The average Bonchev–Trinajstić information content (AvgIpc) is 2.32. The molecule has 0 bridgehead atoms. The molecule has 0 aromatic heterocycles. The van der Waals surface area contributed by atoms with Crippen LogP contribution in [0.4, 0.5) is 15.8 Å². The maximum atomic E-state index is 13.5. The van der Waals surface area contributed by atoms with Crippen molar-refractivity contribution in [2.75, 3.05) is 11.1 Å². The van der Waals surface area contributed by atoms with E-state index in [1.807, 2.05) is 11.8 Å². The summed E-state index contributed by atoms with van der Waals surface area (Å²) in [5, 5.41) is 14.2. The van der Waals surface area contributed by atoms with E-state index in [4.69, 9.17) is 0 Å². The highest BCUT2D eigenvalue weighted by atomic mass is 32.2. The third kappa shape index (κ3) is 2.93. The normalized spacial score (nSPS) is 23.7. The second-order valence-corrected chi connectivity index (χ2v) is 5.88. The van der Waals surface area contributed by atoms with E-state index in [1.165, 1.54) is 12.1 Å². The van der Waals surface area contributed by atoms with Crippen LogP contribution >= 0.6 is 11.8 Å². The second-order valence-electron chi connectivity index (χ2n) is 4.39. The van der Waals surface area contributed by atoms with Gasteiger partial charge in [0.2, 0.25) is 5.82 Å². The fourth-order valence-corrected chi connectivity index (χ4v) is 3.21. The van der Waals surface area contributed by atoms with Crippen LogP contribution in [-0.2, 0) is 0 Å². The molecule has 0 spiro atoms. The molecular weight excluding hydrogens is 255 g/mol. The zero-order chi connectivity index (χ0) is 13.1. The number of benzene rings is 1. The molecule has 1 heterocycles. The second kappa shape index (κ2) is 5.56. The standard InChI is InChI=1S/C12H15FN2O2S/c1-8-11(3-2-6-18-8)14-9-4-5-12(15(16)17)10(13)7-9/h4-5,7-8,11,14H,2-3,6H2,1H3. The van der Waals surface area contributed by atoms with Crippen LogP contribution in [0, 0.1) is 15.9 Å². The van der Waals surface area contributed by atoms with Gasteiger partial charge in [0.05, 0.1) is 4.92 Å². The lowest BCUT2D eigenvalue weighted by Gasteiger charge is -2.29. The SMILES string of the molecule is CC1SCCCC1Nc1ccc([N+](=O)[O-])c(F)c1. The predicted molar refractivity (Wildman–Crippen MR) is 71.6 cm³/mol. The van der Waals surface area contributed by atoms with Gasteiger partial charge in [-0.15, -0.1) is 0 Å². The van der Waals surface area contributed by atoms with Crippen molar-refractivity contribution in [3.05, 3.63) is 34.1 Å². The van der Waals surface area contributed by atoms with Crippen LogP contribution in [0.3, 0.4) is 0 Å². The zero-order valence-corrected chi connectivity index (χ0v) is 10.9. The Morgan fingerprint density at radius 2 is 2.33 bits per heavy atom. The maximum absolute atomic E-state index is 13.5. The van der Waals surface area contributed by atoms with E-state index < -0.39 is 16.4 Å². The Balaban J connectivity index is 2.10. The largest absolute Gasteiger partial charge is 0.381 e. The monoisotopic (exact) mass is 270 g/mol. The summed E-state index contributed by atoms with van der Waals surface area (Å²) in [6.45, 7) is 2.14. The van der Waals surface area contributed by atoms with Crippen LogP contribution in [0.1, 0.15) is 19.8 Å². The summed E-state index contributed by atoms with van der Waals surface area (Å²) in [5.41, 5.74) is 0.129. The highest BCUT2D eigenvalue weighted by molar-refractivity contribution is 8.00. The maximum Gasteiger partial charge on any atom is 0.304 e. The zero-order valence-electron chi connectivity index (χ0n) is 10.1. The molecule has 1 saturated heterocycles. The number of hydrogen-bond donors (Lipinski definition) is 1. The molecule has 98 valence electrons. The molecule has 0 aliphatic carbocycles. The van der Waals surface area contributed by atoms with Gasteiger partial charge in [0, 0.05) is 29.1 Å². The smallest absolute Gasteiger partial charge is 0.304 e. The van der Waals surface area contributed by atoms with Crippen LogP contribution in [0.25, 0.3) is 0 Å². The van der Waals surface area contributed by atoms with Gasteiger partial charge in [-0.3, -0.25) is 10.1 Å². The Morgan fingerprint density at radius 1 is 1.56 bits per heavy atom. The molecule has 0 radical (unpaired) electrons. The fourth-order valence-electron chi connectivity index (χ4n) is 2.07. The van der Waals surface area contributed by atoms with E-state index >= 15 is 0 Å². The van der Waals surface area contributed by atoms with Crippen molar-refractivity contribution in [3.8, 4) is 0 Å². The molecule has 6 heteroatoms. The van der Waals surface area contributed by atoms with E-state index in [1.54, 1.807) is 6.07 Å². The number of nitrogens with zero attached hydrogens (tertiary/aromatic N) is 1. The molecule has 0 amide bonds. The molecule has 2 atom stereocenters. The van der Waals surface area contributed by atoms with E-state index in [9.17, 15) is 14.5 Å². The average molecular weight is 270 g/mol. The molecule has 18 heavy (non-hydrogen) atoms. The van der Waals surface area contributed by atoms with Crippen LogP contribution in [0.15, 0.2) is 18.2 Å².